The molecule has 0 saturated carbocycles. The molecule has 16 heavy (non-hydrogen) atoms. The molecule has 1 aromatic rings. The fourth-order valence-corrected chi connectivity index (χ4v) is 2.74. The maximum absolute atomic E-state index is 11.6. The third-order valence-corrected chi connectivity index (χ3v) is 3.55. The first-order valence-corrected chi connectivity index (χ1v) is 5.51. The Hall–Kier alpha value is -1.71. The summed E-state index contributed by atoms with van der Waals surface area (Å²) in [5.41, 5.74) is 2.04. The number of fused-ring (bicyclic) bond motifs is 3. The molecule has 84 valence electrons. The van der Waals surface area contributed by atoms with Gasteiger partial charge in [0.1, 0.15) is 0 Å². The third-order valence-electron chi connectivity index (χ3n) is 3.55. The average molecular weight is 219 g/mol. The van der Waals surface area contributed by atoms with Crippen LogP contribution in [-0.4, -0.2) is 27.6 Å². The van der Waals surface area contributed by atoms with Crippen molar-refractivity contribution in [1.82, 2.24) is 4.90 Å². The number of rotatable bonds is 0. The van der Waals surface area contributed by atoms with E-state index in [-0.39, 0.29) is 23.4 Å². The molecule has 4 heteroatoms. The number of carbonyl (C=O) groups excluding carboxylic acids is 1. The first kappa shape index (κ1) is 9.51. The van der Waals surface area contributed by atoms with E-state index in [0.29, 0.717) is 6.42 Å². The largest absolute Gasteiger partial charge is 0.504 e. The Bertz CT molecular complexity index is 470. The molecule has 1 unspecified atom stereocenters. The van der Waals surface area contributed by atoms with Gasteiger partial charge in [-0.1, -0.05) is 0 Å². The molecule has 1 aromatic carbocycles. The first-order valence-electron chi connectivity index (χ1n) is 5.51. The number of phenols is 2. The van der Waals surface area contributed by atoms with Crippen LogP contribution in [0.25, 0.3) is 0 Å². The van der Waals surface area contributed by atoms with Crippen molar-refractivity contribution in [3.63, 3.8) is 0 Å². The molecule has 1 atom stereocenters. The van der Waals surface area contributed by atoms with Crippen LogP contribution in [0.1, 0.15) is 30.0 Å². The number of amides is 1. The minimum Gasteiger partial charge on any atom is -0.504 e. The van der Waals surface area contributed by atoms with Crippen molar-refractivity contribution >= 4 is 5.91 Å². The molecule has 1 fully saturated rings. The molecule has 0 spiro atoms. The van der Waals surface area contributed by atoms with Crippen molar-refractivity contribution in [1.29, 1.82) is 0 Å². The summed E-state index contributed by atoms with van der Waals surface area (Å²) in [5.74, 6) is 0.0275. The van der Waals surface area contributed by atoms with E-state index in [1.54, 1.807) is 12.1 Å². The summed E-state index contributed by atoms with van der Waals surface area (Å²) in [7, 11) is 0. The van der Waals surface area contributed by atoms with Gasteiger partial charge in [-0.2, -0.15) is 0 Å². The standard InChI is InChI=1S/C12H13NO3/c14-10-5-7-3-4-13-9(1-2-12(13)16)8(7)6-11(10)15/h5-6,9,14-15H,1-4H2. The molecule has 0 radical (unpaired) electrons. The monoisotopic (exact) mass is 219 g/mol. The number of phenolic OH excluding ortho intramolecular Hbond substituents is 2. The van der Waals surface area contributed by atoms with Gasteiger partial charge in [0.25, 0.3) is 0 Å². The van der Waals surface area contributed by atoms with Gasteiger partial charge < -0.3 is 15.1 Å². The molecule has 0 aromatic heterocycles. The Morgan fingerprint density at radius 3 is 2.75 bits per heavy atom. The number of aromatic hydroxyl groups is 2. The zero-order valence-electron chi connectivity index (χ0n) is 8.81. The van der Waals surface area contributed by atoms with E-state index in [9.17, 15) is 15.0 Å². The van der Waals surface area contributed by atoms with Gasteiger partial charge >= 0.3 is 0 Å². The van der Waals surface area contributed by atoms with Crippen molar-refractivity contribution in [2.75, 3.05) is 6.54 Å². The highest BCUT2D eigenvalue weighted by atomic mass is 16.3. The number of nitrogens with zero attached hydrogens (tertiary/aromatic N) is 1. The highest BCUT2D eigenvalue weighted by Crippen LogP contribution is 2.41. The highest BCUT2D eigenvalue weighted by Gasteiger charge is 2.36. The van der Waals surface area contributed by atoms with E-state index in [4.69, 9.17) is 0 Å². The molecule has 4 nitrogen and oxygen atoms in total. The summed E-state index contributed by atoms with van der Waals surface area (Å²) in [6.07, 6.45) is 2.16. The summed E-state index contributed by atoms with van der Waals surface area (Å²) in [6, 6.07) is 3.31. The Balaban J connectivity index is 2.09. The van der Waals surface area contributed by atoms with Gasteiger partial charge in [0.05, 0.1) is 6.04 Å². The Labute approximate surface area is 93.1 Å². The molecular weight excluding hydrogens is 206 g/mol. The number of benzene rings is 1. The summed E-state index contributed by atoms with van der Waals surface area (Å²) < 4.78 is 0. The van der Waals surface area contributed by atoms with E-state index in [0.717, 1.165) is 30.5 Å². The van der Waals surface area contributed by atoms with Crippen LogP contribution in [0.3, 0.4) is 0 Å². The van der Waals surface area contributed by atoms with E-state index in [2.05, 4.69) is 0 Å². The third kappa shape index (κ3) is 1.19. The van der Waals surface area contributed by atoms with E-state index >= 15 is 0 Å². The number of carbonyl (C=O) groups is 1. The molecular formula is C12H13NO3. The van der Waals surface area contributed by atoms with Crippen LogP contribution in [0.4, 0.5) is 0 Å². The summed E-state index contributed by atoms with van der Waals surface area (Å²) >= 11 is 0. The molecule has 2 N–H and O–H groups in total. The van der Waals surface area contributed by atoms with Gasteiger partial charge in [0.15, 0.2) is 11.5 Å². The molecule has 1 amide bonds. The highest BCUT2D eigenvalue weighted by molar-refractivity contribution is 5.79. The van der Waals surface area contributed by atoms with Crippen molar-refractivity contribution in [3.05, 3.63) is 23.3 Å². The lowest BCUT2D eigenvalue weighted by atomic mass is 9.92. The van der Waals surface area contributed by atoms with Crippen LogP contribution in [-0.2, 0) is 11.2 Å². The second-order valence-electron chi connectivity index (χ2n) is 4.43. The minimum absolute atomic E-state index is 0.0727. The van der Waals surface area contributed by atoms with E-state index in [1.165, 1.54) is 0 Å². The Kier molecular flexibility index (Phi) is 1.87. The Morgan fingerprint density at radius 2 is 1.94 bits per heavy atom. The van der Waals surface area contributed by atoms with Gasteiger partial charge in [0, 0.05) is 13.0 Å². The predicted molar refractivity (Wildman–Crippen MR) is 57.2 cm³/mol. The fourth-order valence-electron chi connectivity index (χ4n) is 2.74. The lowest BCUT2D eigenvalue weighted by Gasteiger charge is -2.32. The second-order valence-corrected chi connectivity index (χ2v) is 4.43. The molecule has 0 aliphatic carbocycles. The average Bonchev–Trinajstić information content (AvgIpc) is 2.63. The van der Waals surface area contributed by atoms with Crippen molar-refractivity contribution in [2.24, 2.45) is 0 Å². The lowest BCUT2D eigenvalue weighted by Crippen LogP contribution is -2.34. The minimum atomic E-state index is -0.0973. The topological polar surface area (TPSA) is 60.8 Å². The van der Waals surface area contributed by atoms with Crippen molar-refractivity contribution in [2.45, 2.75) is 25.3 Å². The maximum Gasteiger partial charge on any atom is 0.223 e. The zero-order valence-corrected chi connectivity index (χ0v) is 8.81. The van der Waals surface area contributed by atoms with Crippen LogP contribution in [0.5, 0.6) is 11.5 Å². The van der Waals surface area contributed by atoms with Crippen LogP contribution in [0.15, 0.2) is 12.1 Å². The Morgan fingerprint density at radius 1 is 1.19 bits per heavy atom. The maximum atomic E-state index is 11.6. The van der Waals surface area contributed by atoms with Gasteiger partial charge in [-0.05, 0) is 36.1 Å². The van der Waals surface area contributed by atoms with E-state index < -0.39 is 0 Å². The number of hydrogen-bond donors (Lipinski definition) is 2. The van der Waals surface area contributed by atoms with Crippen LogP contribution in [0.2, 0.25) is 0 Å². The van der Waals surface area contributed by atoms with Gasteiger partial charge in [-0.3, -0.25) is 4.79 Å². The molecule has 2 aliphatic rings. The van der Waals surface area contributed by atoms with Gasteiger partial charge in [-0.25, -0.2) is 0 Å². The SMILES string of the molecule is O=C1CCC2c3cc(O)c(O)cc3CCN12. The van der Waals surface area contributed by atoms with E-state index in [1.807, 2.05) is 4.90 Å². The quantitative estimate of drug-likeness (QED) is 0.647. The van der Waals surface area contributed by atoms with Crippen molar-refractivity contribution < 1.29 is 15.0 Å². The zero-order chi connectivity index (χ0) is 11.3. The van der Waals surface area contributed by atoms with Crippen LogP contribution in [0, 0.1) is 0 Å². The first-order chi connectivity index (χ1) is 7.66. The van der Waals surface area contributed by atoms with Crippen molar-refractivity contribution in [3.8, 4) is 11.5 Å². The normalized spacial score (nSPS) is 23.1. The summed E-state index contributed by atoms with van der Waals surface area (Å²) in [5, 5.41) is 18.9. The predicted octanol–water partition coefficient (Wildman–Crippen LogP) is 1.32. The molecule has 1 saturated heterocycles. The smallest absolute Gasteiger partial charge is 0.223 e. The molecule has 2 aliphatic heterocycles. The van der Waals surface area contributed by atoms with Gasteiger partial charge in [-0.15, -0.1) is 0 Å². The van der Waals surface area contributed by atoms with Crippen LogP contribution < -0.4 is 0 Å². The number of hydrogen-bond acceptors (Lipinski definition) is 3. The molecule has 0 bridgehead atoms. The molecule has 3 rings (SSSR count). The lowest BCUT2D eigenvalue weighted by molar-refractivity contribution is -0.129. The van der Waals surface area contributed by atoms with Gasteiger partial charge in [0.2, 0.25) is 5.91 Å². The summed E-state index contributed by atoms with van der Waals surface area (Å²) in [4.78, 5) is 13.5. The van der Waals surface area contributed by atoms with Crippen LogP contribution >= 0.6 is 0 Å². The fraction of sp³-hybridized carbons (Fsp3) is 0.417. The second kappa shape index (κ2) is 3.14. The summed E-state index contributed by atoms with van der Waals surface area (Å²) in [6.45, 7) is 0.723. The molecule has 2 heterocycles.